The molecule has 4 atom stereocenters. The van der Waals surface area contributed by atoms with Crippen molar-refractivity contribution in [1.82, 2.24) is 0 Å². The molecule has 5 heteroatoms. The van der Waals surface area contributed by atoms with Gasteiger partial charge in [0.15, 0.2) is 0 Å². The molecule has 0 spiro atoms. The molecular formula is C7H10BIO3. The Balaban J connectivity index is 2.24. The van der Waals surface area contributed by atoms with E-state index in [1.54, 1.807) is 0 Å². The maximum absolute atomic E-state index is 9.84. The fraction of sp³-hybridized carbons (Fsp3) is 1.00. The van der Waals surface area contributed by atoms with Crippen molar-refractivity contribution in [3.05, 3.63) is 0 Å². The summed E-state index contributed by atoms with van der Waals surface area (Å²) in [5.74, 6) is -0.0477. The van der Waals surface area contributed by atoms with E-state index >= 15 is 0 Å². The van der Waals surface area contributed by atoms with Gasteiger partial charge in [0.1, 0.15) is 13.4 Å². The van der Waals surface area contributed by atoms with Gasteiger partial charge in [0.25, 0.3) is 0 Å². The highest BCUT2D eigenvalue weighted by molar-refractivity contribution is 14.1. The lowest BCUT2D eigenvalue weighted by Gasteiger charge is -2.34. The maximum atomic E-state index is 9.84. The Morgan fingerprint density at radius 2 is 2.42 bits per heavy atom. The SMILES string of the molecule is [B][C@@H]1O[C@@]2(CI)COCC1C2O. The number of aliphatic hydroxyl groups excluding tert-OH is 1. The fourth-order valence-corrected chi connectivity index (χ4v) is 2.67. The zero-order valence-electron chi connectivity index (χ0n) is 6.57. The molecule has 1 N–H and O–H groups in total. The van der Waals surface area contributed by atoms with Crippen LogP contribution in [0.2, 0.25) is 0 Å². The zero-order valence-corrected chi connectivity index (χ0v) is 8.73. The second-order valence-corrected chi connectivity index (χ2v) is 4.17. The van der Waals surface area contributed by atoms with E-state index < -0.39 is 11.7 Å². The third-order valence-electron chi connectivity index (χ3n) is 2.62. The summed E-state index contributed by atoms with van der Waals surface area (Å²) in [6, 6.07) is -0.364. The van der Waals surface area contributed by atoms with Gasteiger partial charge in [-0.25, -0.2) is 0 Å². The van der Waals surface area contributed by atoms with E-state index in [4.69, 9.17) is 17.3 Å². The molecule has 0 aliphatic carbocycles. The Hall–Kier alpha value is 0.675. The molecule has 12 heavy (non-hydrogen) atoms. The van der Waals surface area contributed by atoms with Crippen LogP contribution in [0.15, 0.2) is 0 Å². The quantitative estimate of drug-likeness (QED) is 0.407. The van der Waals surface area contributed by atoms with Gasteiger partial charge in [0.05, 0.1) is 19.3 Å². The van der Waals surface area contributed by atoms with E-state index in [1.807, 2.05) is 0 Å². The van der Waals surface area contributed by atoms with Gasteiger partial charge >= 0.3 is 0 Å². The maximum Gasteiger partial charge on any atom is 0.126 e. The summed E-state index contributed by atoms with van der Waals surface area (Å²) in [7, 11) is 5.71. The van der Waals surface area contributed by atoms with Gasteiger partial charge in [-0.3, -0.25) is 0 Å². The van der Waals surface area contributed by atoms with Crippen molar-refractivity contribution in [2.24, 2.45) is 5.92 Å². The van der Waals surface area contributed by atoms with E-state index in [1.165, 1.54) is 0 Å². The molecule has 0 amide bonds. The molecular weight excluding hydrogens is 270 g/mol. The first-order valence-electron chi connectivity index (χ1n) is 3.95. The Kier molecular flexibility index (Phi) is 2.40. The van der Waals surface area contributed by atoms with Crippen LogP contribution in [0.5, 0.6) is 0 Å². The predicted octanol–water partition coefficient (Wildman–Crippen LogP) is -0.308. The van der Waals surface area contributed by atoms with E-state index in [2.05, 4.69) is 22.6 Å². The number of aliphatic hydroxyl groups is 1. The van der Waals surface area contributed by atoms with E-state index in [0.717, 1.165) is 4.43 Å². The number of fused-ring (bicyclic) bond motifs is 2. The molecule has 2 rings (SSSR count). The van der Waals surface area contributed by atoms with Crippen LogP contribution >= 0.6 is 22.6 Å². The number of hydrogen-bond acceptors (Lipinski definition) is 3. The van der Waals surface area contributed by atoms with Crippen LogP contribution in [0.25, 0.3) is 0 Å². The summed E-state index contributed by atoms with van der Waals surface area (Å²) < 4.78 is 11.6. The molecule has 0 aromatic rings. The van der Waals surface area contributed by atoms with Crippen LogP contribution in [0, 0.1) is 5.92 Å². The summed E-state index contributed by atoms with van der Waals surface area (Å²) in [4.78, 5) is 0. The van der Waals surface area contributed by atoms with E-state index in [0.29, 0.717) is 13.2 Å². The average Bonchev–Trinajstić information content (AvgIpc) is 2.23. The van der Waals surface area contributed by atoms with Crippen LogP contribution in [-0.2, 0) is 9.47 Å². The number of rotatable bonds is 1. The largest absolute Gasteiger partial charge is 0.390 e. The first-order chi connectivity index (χ1) is 5.69. The van der Waals surface area contributed by atoms with Crippen molar-refractivity contribution in [1.29, 1.82) is 0 Å². The third kappa shape index (κ3) is 1.13. The Morgan fingerprint density at radius 1 is 1.67 bits per heavy atom. The Labute approximate surface area is 86.4 Å². The monoisotopic (exact) mass is 280 g/mol. The molecule has 2 radical (unpaired) electrons. The van der Waals surface area contributed by atoms with E-state index in [-0.39, 0.29) is 11.9 Å². The summed E-state index contributed by atoms with van der Waals surface area (Å²) in [6.45, 7) is 0.974. The molecule has 3 nitrogen and oxygen atoms in total. The first kappa shape index (κ1) is 9.24. The fourth-order valence-electron chi connectivity index (χ4n) is 1.82. The van der Waals surface area contributed by atoms with Gasteiger partial charge in [0.2, 0.25) is 0 Å². The Bertz CT molecular complexity index is 191. The number of hydrogen-bond donors (Lipinski definition) is 1. The molecule has 2 fully saturated rings. The normalized spacial score (nSPS) is 52.7. The third-order valence-corrected chi connectivity index (χ3v) is 3.91. The minimum absolute atomic E-state index is 0.0477. The van der Waals surface area contributed by atoms with Gasteiger partial charge in [-0.15, -0.1) is 0 Å². The standard InChI is InChI=1S/C7H10BIO3/c8-6-4-1-11-3-7(2-9,12-6)5(4)10/h4-6,10H,1-3H2/t4?,5?,6-,7+/m1/s1. The first-order valence-corrected chi connectivity index (χ1v) is 5.47. The number of alkyl halides is 1. The molecule has 2 bridgehead atoms. The minimum Gasteiger partial charge on any atom is -0.390 e. The van der Waals surface area contributed by atoms with Gasteiger partial charge in [0, 0.05) is 16.3 Å². The van der Waals surface area contributed by atoms with Crippen molar-refractivity contribution in [3.8, 4) is 0 Å². The van der Waals surface area contributed by atoms with Crippen LogP contribution in [0.4, 0.5) is 0 Å². The summed E-state index contributed by atoms with van der Waals surface area (Å²) in [5, 5.41) is 9.84. The predicted molar refractivity (Wildman–Crippen MR) is 52.6 cm³/mol. The Morgan fingerprint density at radius 3 is 3.00 bits per heavy atom. The zero-order chi connectivity index (χ0) is 8.77. The second-order valence-electron chi connectivity index (χ2n) is 3.40. The molecule has 0 aromatic heterocycles. The van der Waals surface area contributed by atoms with Crippen molar-refractivity contribution in [2.45, 2.75) is 17.7 Å². The van der Waals surface area contributed by atoms with Crippen LogP contribution in [0.3, 0.4) is 0 Å². The number of ether oxygens (including phenoxy) is 2. The van der Waals surface area contributed by atoms with Gasteiger partial charge < -0.3 is 14.6 Å². The van der Waals surface area contributed by atoms with Crippen LogP contribution < -0.4 is 0 Å². The molecule has 2 unspecified atom stereocenters. The second kappa shape index (κ2) is 3.11. The molecule has 2 saturated heterocycles. The molecule has 66 valence electrons. The van der Waals surface area contributed by atoms with Gasteiger partial charge in [-0.05, 0) is 0 Å². The van der Waals surface area contributed by atoms with Gasteiger partial charge in [-0.2, -0.15) is 0 Å². The summed E-state index contributed by atoms with van der Waals surface area (Å²) >= 11 is 2.19. The lowest BCUT2D eigenvalue weighted by atomic mass is 9.81. The summed E-state index contributed by atoms with van der Waals surface area (Å²) in [6.07, 6.45) is -0.460. The summed E-state index contributed by atoms with van der Waals surface area (Å²) in [5.41, 5.74) is -0.539. The number of halogens is 1. The highest BCUT2D eigenvalue weighted by atomic mass is 127. The lowest BCUT2D eigenvalue weighted by molar-refractivity contribution is -0.117. The average molecular weight is 280 g/mol. The van der Waals surface area contributed by atoms with E-state index in [9.17, 15) is 5.11 Å². The van der Waals surface area contributed by atoms with Crippen LogP contribution in [0.1, 0.15) is 0 Å². The van der Waals surface area contributed by atoms with Gasteiger partial charge in [-0.1, -0.05) is 22.6 Å². The van der Waals surface area contributed by atoms with Crippen molar-refractivity contribution >= 4 is 30.4 Å². The highest BCUT2D eigenvalue weighted by Gasteiger charge is 2.54. The van der Waals surface area contributed by atoms with Crippen LogP contribution in [-0.4, -0.2) is 48.3 Å². The van der Waals surface area contributed by atoms with Crippen molar-refractivity contribution in [2.75, 3.05) is 17.6 Å². The molecule has 2 aliphatic rings. The minimum atomic E-state index is -0.539. The smallest absolute Gasteiger partial charge is 0.126 e. The van der Waals surface area contributed by atoms with Crippen molar-refractivity contribution < 1.29 is 14.6 Å². The molecule has 2 aliphatic heterocycles. The molecule has 0 saturated carbocycles. The van der Waals surface area contributed by atoms with Crippen molar-refractivity contribution in [3.63, 3.8) is 0 Å². The highest BCUT2D eigenvalue weighted by Crippen LogP contribution is 2.39. The lowest BCUT2D eigenvalue weighted by Crippen LogP contribution is -2.51. The molecule has 2 heterocycles. The topological polar surface area (TPSA) is 38.7 Å². The molecule has 0 aromatic carbocycles.